The van der Waals surface area contributed by atoms with E-state index < -0.39 is 5.91 Å². The van der Waals surface area contributed by atoms with E-state index in [9.17, 15) is 9.59 Å². The number of nitrogens with zero attached hydrogens (tertiary/aromatic N) is 1. The summed E-state index contributed by atoms with van der Waals surface area (Å²) in [5.74, 6) is -0.664. The van der Waals surface area contributed by atoms with Crippen LogP contribution in [0.15, 0.2) is 48.7 Å². The zero-order valence-corrected chi connectivity index (χ0v) is 17.7. The number of hydrogen-bond donors (Lipinski definition) is 4. The van der Waals surface area contributed by atoms with E-state index in [4.69, 9.17) is 23.2 Å². The molecule has 29 heavy (non-hydrogen) atoms. The summed E-state index contributed by atoms with van der Waals surface area (Å²) < 4.78 is 0. The molecule has 4 N–H and O–H groups in total. The number of nitrogens with one attached hydrogen (secondary N) is 4. The molecule has 0 bridgehead atoms. The van der Waals surface area contributed by atoms with Gasteiger partial charge < -0.3 is 10.6 Å². The van der Waals surface area contributed by atoms with Gasteiger partial charge in [-0.3, -0.25) is 25.4 Å². The molecule has 0 atom stereocenters. The van der Waals surface area contributed by atoms with Crippen molar-refractivity contribution in [3.63, 3.8) is 0 Å². The normalized spacial score (nSPS) is 9.97. The SMILES string of the molecule is CC(=O)NNc1ccnc2c(NC(=O)c3c(Cl)cccc3Cl)cccc12.CNC. The molecule has 7 nitrogen and oxygen atoms in total. The van der Waals surface area contributed by atoms with Crippen LogP contribution in [0.3, 0.4) is 0 Å². The minimum absolute atomic E-state index is 0.195. The van der Waals surface area contributed by atoms with Crippen LogP contribution in [0.1, 0.15) is 17.3 Å². The summed E-state index contributed by atoms with van der Waals surface area (Å²) in [6, 6.07) is 11.9. The van der Waals surface area contributed by atoms with Crippen LogP contribution in [0.25, 0.3) is 10.9 Å². The Kier molecular flexibility index (Phi) is 8.21. The standard InChI is InChI=1S/C18H14Cl2N4O2.C2H7N/c1-10(25)23-24-14-8-9-21-17-11(14)4-2-7-15(17)22-18(26)16-12(19)5-3-6-13(16)20;1-3-2/h2-9H,1H3,(H,21,24)(H,22,26)(H,23,25);3H,1-2H3. The third-order valence-corrected chi connectivity index (χ3v) is 4.21. The highest BCUT2D eigenvalue weighted by atomic mass is 35.5. The van der Waals surface area contributed by atoms with Crippen molar-refractivity contribution in [2.75, 3.05) is 24.8 Å². The summed E-state index contributed by atoms with van der Waals surface area (Å²) in [6.45, 7) is 1.40. The third kappa shape index (κ3) is 5.80. The summed E-state index contributed by atoms with van der Waals surface area (Å²) in [5.41, 5.74) is 7.23. The van der Waals surface area contributed by atoms with Gasteiger partial charge in [0.05, 0.1) is 32.5 Å². The molecule has 152 valence electrons. The molecule has 3 aromatic rings. The van der Waals surface area contributed by atoms with E-state index in [-0.39, 0.29) is 21.5 Å². The van der Waals surface area contributed by atoms with E-state index in [1.54, 1.807) is 42.6 Å². The Labute approximate surface area is 178 Å². The van der Waals surface area contributed by atoms with Crippen LogP contribution in [-0.2, 0) is 4.79 Å². The first-order valence-electron chi connectivity index (χ1n) is 8.63. The number of rotatable bonds is 4. The highest BCUT2D eigenvalue weighted by Gasteiger charge is 2.16. The van der Waals surface area contributed by atoms with Gasteiger partial charge in [0.15, 0.2) is 0 Å². The summed E-state index contributed by atoms with van der Waals surface area (Å²) in [4.78, 5) is 28.1. The van der Waals surface area contributed by atoms with Crippen LogP contribution in [-0.4, -0.2) is 30.9 Å². The molecule has 1 heterocycles. The maximum Gasteiger partial charge on any atom is 0.258 e. The van der Waals surface area contributed by atoms with Crippen LogP contribution in [0, 0.1) is 0 Å². The van der Waals surface area contributed by atoms with E-state index in [2.05, 4.69) is 26.5 Å². The maximum absolute atomic E-state index is 12.6. The van der Waals surface area contributed by atoms with E-state index in [1.807, 2.05) is 20.2 Å². The number of halogens is 2. The van der Waals surface area contributed by atoms with Crippen LogP contribution >= 0.6 is 23.2 Å². The molecule has 0 aliphatic carbocycles. The predicted molar refractivity (Wildman–Crippen MR) is 119 cm³/mol. The lowest BCUT2D eigenvalue weighted by Crippen LogP contribution is -2.26. The largest absolute Gasteiger partial charge is 0.323 e. The first kappa shape index (κ1) is 22.4. The molecule has 0 fully saturated rings. The number of anilines is 2. The molecule has 0 aliphatic rings. The lowest BCUT2D eigenvalue weighted by molar-refractivity contribution is -0.118. The van der Waals surface area contributed by atoms with Crippen LogP contribution in [0.5, 0.6) is 0 Å². The average molecular weight is 434 g/mol. The molecule has 0 saturated carbocycles. The number of para-hydroxylation sites is 1. The maximum atomic E-state index is 12.6. The first-order chi connectivity index (χ1) is 13.9. The first-order valence-corrected chi connectivity index (χ1v) is 9.38. The smallest absolute Gasteiger partial charge is 0.258 e. The van der Waals surface area contributed by atoms with Crippen molar-refractivity contribution in [3.8, 4) is 0 Å². The van der Waals surface area contributed by atoms with E-state index in [0.717, 1.165) is 5.39 Å². The minimum atomic E-state index is -0.435. The Morgan fingerprint density at radius 1 is 0.931 bits per heavy atom. The number of hydrazine groups is 1. The van der Waals surface area contributed by atoms with Gasteiger partial charge in [0.25, 0.3) is 5.91 Å². The molecule has 0 unspecified atom stereocenters. The molecule has 9 heteroatoms. The zero-order chi connectivity index (χ0) is 21.4. The van der Waals surface area contributed by atoms with Crippen molar-refractivity contribution in [3.05, 3.63) is 64.3 Å². The van der Waals surface area contributed by atoms with Gasteiger partial charge in [0, 0.05) is 18.5 Å². The summed E-state index contributed by atoms with van der Waals surface area (Å²) in [7, 11) is 3.75. The Balaban J connectivity index is 0.000000941. The lowest BCUT2D eigenvalue weighted by atomic mass is 10.1. The van der Waals surface area contributed by atoms with Crippen molar-refractivity contribution in [2.24, 2.45) is 0 Å². The van der Waals surface area contributed by atoms with Crippen molar-refractivity contribution < 1.29 is 9.59 Å². The second-order valence-corrected chi connectivity index (χ2v) is 6.73. The fraction of sp³-hybridized carbons (Fsp3) is 0.150. The van der Waals surface area contributed by atoms with Gasteiger partial charge >= 0.3 is 0 Å². The minimum Gasteiger partial charge on any atom is -0.323 e. The van der Waals surface area contributed by atoms with Gasteiger partial charge in [0.1, 0.15) is 0 Å². The van der Waals surface area contributed by atoms with Crippen LogP contribution < -0.4 is 21.5 Å². The number of amides is 2. The Morgan fingerprint density at radius 3 is 2.17 bits per heavy atom. The Bertz CT molecular complexity index is 1010. The molecule has 3 rings (SSSR count). The number of carbonyl (C=O) groups excluding carboxylic acids is 2. The molecule has 1 aromatic heterocycles. The van der Waals surface area contributed by atoms with E-state index in [1.165, 1.54) is 6.92 Å². The van der Waals surface area contributed by atoms with Gasteiger partial charge in [-0.1, -0.05) is 41.4 Å². The van der Waals surface area contributed by atoms with Crippen LogP contribution in [0.4, 0.5) is 11.4 Å². The van der Waals surface area contributed by atoms with E-state index in [0.29, 0.717) is 16.9 Å². The summed E-state index contributed by atoms with van der Waals surface area (Å²) >= 11 is 12.2. The van der Waals surface area contributed by atoms with Crippen LogP contribution in [0.2, 0.25) is 10.0 Å². The van der Waals surface area contributed by atoms with Gasteiger partial charge in [0.2, 0.25) is 5.91 Å². The number of fused-ring (bicyclic) bond motifs is 1. The number of pyridine rings is 1. The van der Waals surface area contributed by atoms with Gasteiger partial charge in [-0.2, -0.15) is 0 Å². The summed E-state index contributed by atoms with van der Waals surface area (Å²) in [6.07, 6.45) is 1.57. The number of aromatic nitrogens is 1. The fourth-order valence-electron chi connectivity index (χ4n) is 2.44. The second-order valence-electron chi connectivity index (χ2n) is 5.92. The van der Waals surface area contributed by atoms with Gasteiger partial charge in [-0.15, -0.1) is 0 Å². The van der Waals surface area contributed by atoms with Crippen molar-refractivity contribution in [1.82, 2.24) is 15.7 Å². The predicted octanol–water partition coefficient (Wildman–Crippen LogP) is 4.09. The van der Waals surface area contributed by atoms with Crippen molar-refractivity contribution in [1.29, 1.82) is 0 Å². The fourth-order valence-corrected chi connectivity index (χ4v) is 3.01. The Morgan fingerprint density at radius 2 is 1.55 bits per heavy atom. The monoisotopic (exact) mass is 433 g/mol. The molecule has 0 spiro atoms. The number of hydrogen-bond acceptors (Lipinski definition) is 5. The topological polar surface area (TPSA) is 95.2 Å². The van der Waals surface area contributed by atoms with Gasteiger partial charge in [-0.25, -0.2) is 0 Å². The molecular weight excluding hydrogens is 413 g/mol. The zero-order valence-electron chi connectivity index (χ0n) is 16.1. The van der Waals surface area contributed by atoms with Gasteiger partial charge in [-0.05, 0) is 38.4 Å². The third-order valence-electron chi connectivity index (χ3n) is 3.58. The average Bonchev–Trinajstić information content (AvgIpc) is 2.67. The highest BCUT2D eigenvalue weighted by molar-refractivity contribution is 6.40. The highest BCUT2D eigenvalue weighted by Crippen LogP contribution is 2.29. The van der Waals surface area contributed by atoms with Crippen molar-refractivity contribution in [2.45, 2.75) is 6.92 Å². The lowest BCUT2D eigenvalue weighted by Gasteiger charge is -2.13. The molecule has 2 aromatic carbocycles. The van der Waals surface area contributed by atoms with E-state index >= 15 is 0 Å². The summed E-state index contributed by atoms with van der Waals surface area (Å²) in [5, 5.41) is 6.79. The quantitative estimate of drug-likeness (QED) is 0.464. The molecule has 2 amide bonds. The number of carbonyl (C=O) groups is 2. The Hall–Kier alpha value is -2.87. The van der Waals surface area contributed by atoms with Crippen molar-refractivity contribution >= 4 is 57.3 Å². The molecule has 0 aliphatic heterocycles. The molecule has 0 saturated heterocycles. The number of benzene rings is 2. The molecule has 0 radical (unpaired) electrons. The molecular formula is C20H21Cl2N5O2. The second kappa shape index (κ2) is 10.6.